The predicted molar refractivity (Wildman–Crippen MR) is 116 cm³/mol. The molecule has 0 aliphatic rings. The van der Waals surface area contributed by atoms with Crippen molar-refractivity contribution >= 4 is 51.3 Å². The molecule has 0 fully saturated rings. The van der Waals surface area contributed by atoms with E-state index in [1.165, 1.54) is 11.3 Å². The van der Waals surface area contributed by atoms with Gasteiger partial charge in [0.25, 0.3) is 0 Å². The van der Waals surface area contributed by atoms with E-state index in [4.69, 9.17) is 27.9 Å². The molecule has 1 aromatic heterocycles. The van der Waals surface area contributed by atoms with E-state index in [1.807, 2.05) is 26.2 Å². The van der Waals surface area contributed by atoms with Gasteiger partial charge in [-0.15, -0.1) is 11.3 Å². The first kappa shape index (κ1) is 20.6. The molecule has 0 spiro atoms. The second-order valence-corrected chi connectivity index (χ2v) is 8.33. The molecule has 0 unspecified atom stereocenters. The van der Waals surface area contributed by atoms with E-state index in [0.29, 0.717) is 20.9 Å². The predicted octanol–water partition coefficient (Wildman–Crippen LogP) is 6.64. The minimum absolute atomic E-state index is 0.0847. The summed E-state index contributed by atoms with van der Waals surface area (Å²) in [5.41, 5.74) is 4.84. The third kappa shape index (κ3) is 4.66. The van der Waals surface area contributed by atoms with Crippen molar-refractivity contribution in [3.8, 4) is 5.75 Å². The number of hydrogen-bond donors (Lipinski definition) is 0. The van der Waals surface area contributed by atoms with Gasteiger partial charge in [0.1, 0.15) is 12.4 Å². The monoisotopic (exact) mass is 434 g/mol. The molecular weight excluding hydrogens is 415 g/mol. The van der Waals surface area contributed by atoms with Crippen LogP contribution >= 0.6 is 34.5 Å². The lowest BCUT2D eigenvalue weighted by Gasteiger charge is -2.23. The zero-order chi connectivity index (χ0) is 20.4. The molecule has 3 aromatic rings. The molecule has 0 radical (unpaired) electrons. The molecule has 0 N–H and O–H groups in total. The number of hydrogen-bond acceptors (Lipinski definition) is 4. The summed E-state index contributed by atoms with van der Waals surface area (Å²) in [4.78, 5) is 18.7. The van der Waals surface area contributed by atoms with E-state index >= 15 is 0 Å². The van der Waals surface area contributed by atoms with Crippen molar-refractivity contribution < 1.29 is 9.53 Å². The second kappa shape index (κ2) is 8.52. The van der Waals surface area contributed by atoms with Gasteiger partial charge in [-0.1, -0.05) is 40.9 Å². The van der Waals surface area contributed by atoms with Crippen LogP contribution in [-0.4, -0.2) is 10.9 Å². The molecule has 1 heterocycles. The first-order valence-corrected chi connectivity index (χ1v) is 10.3. The van der Waals surface area contributed by atoms with Crippen LogP contribution in [0.15, 0.2) is 35.7 Å². The third-order valence-electron chi connectivity index (χ3n) is 4.13. The molecular formula is C21H20Cl2N2O2S. The molecule has 146 valence electrons. The Balaban J connectivity index is 1.85. The number of halogens is 2. The summed E-state index contributed by atoms with van der Waals surface area (Å²) in [5.74, 6) is 0.485. The highest BCUT2D eigenvalue weighted by Crippen LogP contribution is 2.35. The Kier molecular flexibility index (Phi) is 6.28. The molecule has 3 rings (SSSR count). The van der Waals surface area contributed by atoms with Crippen LogP contribution in [0.25, 0.3) is 0 Å². The fourth-order valence-corrected chi connectivity index (χ4v) is 4.51. The number of aryl methyl sites for hydroxylation is 3. The van der Waals surface area contributed by atoms with Crippen LogP contribution in [0.1, 0.15) is 29.3 Å². The molecule has 28 heavy (non-hydrogen) atoms. The second-order valence-electron chi connectivity index (χ2n) is 6.62. The Bertz CT molecular complexity index is 990. The van der Waals surface area contributed by atoms with Gasteiger partial charge in [-0.3, -0.25) is 9.69 Å². The topological polar surface area (TPSA) is 42.4 Å². The number of benzene rings is 2. The third-order valence-corrected chi connectivity index (χ3v) is 5.44. The normalized spacial score (nSPS) is 10.8. The molecule has 4 nitrogen and oxygen atoms in total. The van der Waals surface area contributed by atoms with E-state index < -0.39 is 0 Å². The van der Waals surface area contributed by atoms with Crippen molar-refractivity contribution in [1.29, 1.82) is 0 Å². The molecule has 1 amide bonds. The molecule has 0 bridgehead atoms. The van der Waals surface area contributed by atoms with Gasteiger partial charge in [-0.2, -0.15) is 0 Å². The first-order valence-electron chi connectivity index (χ1n) is 8.66. The van der Waals surface area contributed by atoms with Crippen molar-refractivity contribution in [2.75, 3.05) is 4.90 Å². The fraction of sp³-hybridized carbons (Fsp3) is 0.238. The van der Waals surface area contributed by atoms with Crippen LogP contribution < -0.4 is 9.64 Å². The van der Waals surface area contributed by atoms with Crippen LogP contribution in [0.3, 0.4) is 0 Å². The maximum Gasteiger partial charge on any atom is 0.230 e. The summed E-state index contributed by atoms with van der Waals surface area (Å²) >= 11 is 13.4. The van der Waals surface area contributed by atoms with Crippen molar-refractivity contribution in [2.45, 2.75) is 34.3 Å². The quantitative estimate of drug-likeness (QED) is 0.451. The van der Waals surface area contributed by atoms with Crippen molar-refractivity contribution in [1.82, 2.24) is 4.98 Å². The van der Waals surface area contributed by atoms with Crippen LogP contribution in [0, 0.1) is 20.8 Å². The lowest BCUT2D eigenvalue weighted by molar-refractivity contribution is -0.115. The zero-order valence-electron chi connectivity index (χ0n) is 16.0. The van der Waals surface area contributed by atoms with E-state index in [2.05, 4.69) is 17.1 Å². The highest BCUT2D eigenvalue weighted by Gasteiger charge is 2.22. The maximum atomic E-state index is 12.4. The Morgan fingerprint density at radius 1 is 1.07 bits per heavy atom. The lowest BCUT2D eigenvalue weighted by Crippen LogP contribution is -2.24. The fourth-order valence-electron chi connectivity index (χ4n) is 3.15. The summed E-state index contributed by atoms with van der Waals surface area (Å²) in [7, 11) is 0. The first-order chi connectivity index (χ1) is 13.2. The highest BCUT2D eigenvalue weighted by atomic mass is 35.5. The number of ether oxygens (including phenoxy) is 1. The number of aromatic nitrogens is 1. The maximum absolute atomic E-state index is 12.4. The van der Waals surface area contributed by atoms with Crippen LogP contribution in [0.2, 0.25) is 10.0 Å². The molecule has 0 atom stereocenters. The Morgan fingerprint density at radius 2 is 1.68 bits per heavy atom. The molecule has 2 aromatic carbocycles. The van der Waals surface area contributed by atoms with E-state index in [0.717, 1.165) is 28.1 Å². The largest absolute Gasteiger partial charge is 0.487 e. The summed E-state index contributed by atoms with van der Waals surface area (Å²) in [6, 6.07) is 9.18. The number of anilines is 2. The number of carbonyl (C=O) groups is 1. The summed E-state index contributed by atoms with van der Waals surface area (Å²) in [6.45, 7) is 7.86. The van der Waals surface area contributed by atoms with Crippen molar-refractivity contribution in [3.05, 3.63) is 68.1 Å². The summed E-state index contributed by atoms with van der Waals surface area (Å²) < 4.78 is 5.75. The number of amides is 1. The SMILES string of the molecule is CC(=O)N(c1nc(COc2cc(Cl)cc(Cl)c2)cs1)c1c(C)cc(C)cc1C. The van der Waals surface area contributed by atoms with Crippen LogP contribution in [0.5, 0.6) is 5.75 Å². The standard InChI is InChI=1S/C21H20Cl2N2O2S/c1-12-5-13(2)20(14(3)6-12)25(15(4)26)21-24-18(11-28-21)10-27-19-8-16(22)7-17(23)9-19/h5-9,11H,10H2,1-4H3. The number of nitrogens with zero attached hydrogens (tertiary/aromatic N) is 2. The van der Waals surface area contributed by atoms with Gasteiger partial charge in [0, 0.05) is 22.3 Å². The molecule has 7 heteroatoms. The van der Waals surface area contributed by atoms with E-state index in [-0.39, 0.29) is 12.5 Å². The van der Waals surface area contributed by atoms with E-state index in [9.17, 15) is 4.79 Å². The minimum Gasteiger partial charge on any atom is -0.487 e. The average molecular weight is 435 g/mol. The Morgan fingerprint density at radius 3 is 2.25 bits per heavy atom. The van der Waals surface area contributed by atoms with Gasteiger partial charge < -0.3 is 4.74 Å². The van der Waals surface area contributed by atoms with Crippen LogP contribution in [-0.2, 0) is 11.4 Å². The Hall–Kier alpha value is -2.08. The molecule has 0 aliphatic carbocycles. The molecule has 0 aliphatic heterocycles. The van der Waals surface area contributed by atoms with Crippen LogP contribution in [0.4, 0.5) is 10.8 Å². The van der Waals surface area contributed by atoms with Gasteiger partial charge >= 0.3 is 0 Å². The summed E-state index contributed by atoms with van der Waals surface area (Å²) in [5, 5.41) is 3.52. The lowest BCUT2D eigenvalue weighted by atomic mass is 10.0. The van der Waals surface area contributed by atoms with Gasteiger partial charge in [0.2, 0.25) is 5.91 Å². The van der Waals surface area contributed by atoms with Crippen molar-refractivity contribution in [2.24, 2.45) is 0 Å². The number of carbonyl (C=O) groups excluding carboxylic acids is 1. The molecule has 0 saturated heterocycles. The number of thiazole rings is 1. The molecule has 0 saturated carbocycles. The smallest absolute Gasteiger partial charge is 0.230 e. The highest BCUT2D eigenvalue weighted by molar-refractivity contribution is 7.14. The Labute approximate surface area is 178 Å². The van der Waals surface area contributed by atoms with Gasteiger partial charge in [-0.05, 0) is 50.1 Å². The average Bonchev–Trinajstić information content (AvgIpc) is 3.03. The number of rotatable bonds is 5. The summed E-state index contributed by atoms with van der Waals surface area (Å²) in [6.07, 6.45) is 0. The van der Waals surface area contributed by atoms with Crippen molar-refractivity contribution in [3.63, 3.8) is 0 Å². The van der Waals surface area contributed by atoms with Gasteiger partial charge in [0.15, 0.2) is 5.13 Å². The minimum atomic E-state index is -0.0847. The van der Waals surface area contributed by atoms with Gasteiger partial charge in [-0.25, -0.2) is 4.98 Å². The van der Waals surface area contributed by atoms with E-state index in [1.54, 1.807) is 30.0 Å². The zero-order valence-corrected chi connectivity index (χ0v) is 18.4. The van der Waals surface area contributed by atoms with Gasteiger partial charge in [0.05, 0.1) is 11.4 Å².